The number of ether oxygens (including phenoxy) is 1. The highest BCUT2D eigenvalue weighted by molar-refractivity contribution is 9.10. The fraction of sp³-hybridized carbons (Fsp3) is 0.263. The number of benzene rings is 2. The van der Waals surface area contributed by atoms with Gasteiger partial charge in [-0.1, -0.05) is 0 Å². The van der Waals surface area contributed by atoms with Crippen LogP contribution in [0.15, 0.2) is 46.0 Å². The van der Waals surface area contributed by atoms with Crippen LogP contribution in [-0.4, -0.2) is 32.3 Å². The summed E-state index contributed by atoms with van der Waals surface area (Å²) in [6, 6.07) is 9.07. The summed E-state index contributed by atoms with van der Waals surface area (Å²) in [6.07, 6.45) is 1.51. The highest BCUT2D eigenvalue weighted by Crippen LogP contribution is 2.33. The van der Waals surface area contributed by atoms with Crippen LogP contribution in [-0.2, 0) is 0 Å². The lowest BCUT2D eigenvalue weighted by Gasteiger charge is -2.23. The first kappa shape index (κ1) is 19.9. The lowest BCUT2D eigenvalue weighted by molar-refractivity contribution is 0.0955. The third-order valence-corrected chi connectivity index (χ3v) is 4.51. The molecule has 2 aromatic carbocycles. The van der Waals surface area contributed by atoms with Crippen LogP contribution < -0.4 is 15.1 Å². The number of hydrazone groups is 1. The van der Waals surface area contributed by atoms with E-state index in [0.717, 1.165) is 28.8 Å². The molecule has 0 spiro atoms. The van der Waals surface area contributed by atoms with Gasteiger partial charge in [0.05, 0.1) is 19.0 Å². The second kappa shape index (κ2) is 9.33. The standard InChI is InChI=1S/C19H21BrFN3O2/c1-4-24(5-2)17-11-18(26-3)14(10-16(17)20)12-22-23-19(25)13-6-8-15(21)9-7-13/h6-12H,4-5H2,1-3H3,(H,23,25)/b22-12-. The molecule has 0 aliphatic rings. The molecule has 0 unspecified atom stereocenters. The van der Waals surface area contributed by atoms with E-state index in [1.54, 1.807) is 7.11 Å². The maximum Gasteiger partial charge on any atom is 0.271 e. The molecule has 26 heavy (non-hydrogen) atoms. The van der Waals surface area contributed by atoms with Crippen molar-refractivity contribution in [2.24, 2.45) is 5.10 Å². The molecule has 2 aromatic rings. The number of carbonyl (C=O) groups is 1. The Bertz CT molecular complexity index is 790. The van der Waals surface area contributed by atoms with Gasteiger partial charge in [-0.2, -0.15) is 5.10 Å². The number of nitrogens with one attached hydrogen (secondary N) is 1. The Kier molecular flexibility index (Phi) is 7.15. The Morgan fingerprint density at radius 3 is 2.50 bits per heavy atom. The van der Waals surface area contributed by atoms with Gasteiger partial charge in [-0.25, -0.2) is 9.82 Å². The van der Waals surface area contributed by atoms with Gasteiger partial charge in [-0.3, -0.25) is 4.79 Å². The zero-order valence-corrected chi connectivity index (χ0v) is 16.5. The lowest BCUT2D eigenvalue weighted by atomic mass is 10.2. The Hall–Kier alpha value is -2.41. The summed E-state index contributed by atoms with van der Waals surface area (Å²) >= 11 is 3.58. The summed E-state index contributed by atoms with van der Waals surface area (Å²) < 4.78 is 19.3. The van der Waals surface area contributed by atoms with E-state index in [-0.39, 0.29) is 0 Å². The van der Waals surface area contributed by atoms with Crippen LogP contribution in [0, 0.1) is 5.82 Å². The van der Waals surface area contributed by atoms with E-state index in [9.17, 15) is 9.18 Å². The number of rotatable bonds is 7. The third kappa shape index (κ3) is 4.82. The highest BCUT2D eigenvalue weighted by Gasteiger charge is 2.12. The van der Waals surface area contributed by atoms with Crippen molar-refractivity contribution in [2.45, 2.75) is 13.8 Å². The SMILES string of the molecule is CCN(CC)c1cc(OC)c(/C=N\NC(=O)c2ccc(F)cc2)cc1Br. The third-order valence-electron chi connectivity index (χ3n) is 3.88. The van der Waals surface area contributed by atoms with Gasteiger partial charge in [0.25, 0.3) is 5.91 Å². The van der Waals surface area contributed by atoms with E-state index in [1.807, 2.05) is 12.1 Å². The summed E-state index contributed by atoms with van der Waals surface area (Å²) in [5.41, 5.74) is 4.50. The highest BCUT2D eigenvalue weighted by atomic mass is 79.9. The lowest BCUT2D eigenvalue weighted by Crippen LogP contribution is -2.22. The number of carbonyl (C=O) groups excluding carboxylic acids is 1. The van der Waals surface area contributed by atoms with Crippen LogP contribution in [0.4, 0.5) is 10.1 Å². The summed E-state index contributed by atoms with van der Waals surface area (Å²) in [4.78, 5) is 14.2. The van der Waals surface area contributed by atoms with Crippen LogP contribution in [0.2, 0.25) is 0 Å². The second-order valence-corrected chi connectivity index (χ2v) is 6.28. The van der Waals surface area contributed by atoms with Crippen molar-refractivity contribution in [3.8, 4) is 5.75 Å². The zero-order valence-electron chi connectivity index (χ0n) is 14.9. The molecule has 1 N–H and O–H groups in total. The van der Waals surface area contributed by atoms with Gasteiger partial charge in [-0.05, 0) is 60.1 Å². The van der Waals surface area contributed by atoms with Crippen molar-refractivity contribution in [3.05, 3.63) is 57.8 Å². The largest absolute Gasteiger partial charge is 0.496 e. The molecular weight excluding hydrogens is 401 g/mol. The maximum absolute atomic E-state index is 12.9. The van der Waals surface area contributed by atoms with Crippen LogP contribution in [0.25, 0.3) is 0 Å². The van der Waals surface area contributed by atoms with E-state index in [2.05, 4.69) is 45.2 Å². The predicted octanol–water partition coefficient (Wildman–Crippen LogP) is 4.21. The minimum Gasteiger partial charge on any atom is -0.496 e. The minimum absolute atomic E-state index is 0.327. The Labute approximate surface area is 161 Å². The molecule has 0 saturated carbocycles. The van der Waals surface area contributed by atoms with E-state index in [4.69, 9.17) is 4.74 Å². The van der Waals surface area contributed by atoms with E-state index < -0.39 is 11.7 Å². The van der Waals surface area contributed by atoms with Crippen molar-refractivity contribution >= 4 is 33.7 Å². The van der Waals surface area contributed by atoms with Crippen LogP contribution >= 0.6 is 15.9 Å². The fourth-order valence-corrected chi connectivity index (χ4v) is 3.08. The number of hydrogen-bond acceptors (Lipinski definition) is 4. The summed E-state index contributed by atoms with van der Waals surface area (Å²) in [5, 5.41) is 3.97. The molecule has 0 radical (unpaired) electrons. The van der Waals surface area contributed by atoms with E-state index in [0.29, 0.717) is 11.3 Å². The molecular formula is C19H21BrFN3O2. The molecule has 1 amide bonds. The summed E-state index contributed by atoms with van der Waals surface area (Å²) in [5.74, 6) is -0.165. The van der Waals surface area contributed by atoms with Crippen molar-refractivity contribution in [3.63, 3.8) is 0 Å². The van der Waals surface area contributed by atoms with E-state index in [1.165, 1.54) is 30.5 Å². The molecule has 0 aliphatic carbocycles. The van der Waals surface area contributed by atoms with Gasteiger partial charge < -0.3 is 9.64 Å². The number of anilines is 1. The molecule has 0 heterocycles. The van der Waals surface area contributed by atoms with Crippen LogP contribution in [0.5, 0.6) is 5.75 Å². The van der Waals surface area contributed by atoms with Gasteiger partial charge in [0.2, 0.25) is 0 Å². The first-order chi connectivity index (χ1) is 12.5. The minimum atomic E-state index is -0.418. The normalized spacial score (nSPS) is 10.8. The molecule has 0 saturated heterocycles. The van der Waals surface area contributed by atoms with Crippen molar-refractivity contribution in [2.75, 3.05) is 25.1 Å². The van der Waals surface area contributed by atoms with Crippen LogP contribution in [0.3, 0.4) is 0 Å². The van der Waals surface area contributed by atoms with Crippen LogP contribution in [0.1, 0.15) is 29.8 Å². The van der Waals surface area contributed by atoms with Crippen molar-refractivity contribution < 1.29 is 13.9 Å². The fourth-order valence-electron chi connectivity index (χ4n) is 2.47. The zero-order chi connectivity index (χ0) is 19.1. The molecule has 0 aromatic heterocycles. The molecule has 0 bridgehead atoms. The van der Waals surface area contributed by atoms with Gasteiger partial charge in [0, 0.05) is 34.8 Å². The predicted molar refractivity (Wildman–Crippen MR) is 106 cm³/mol. The number of amides is 1. The average Bonchev–Trinajstić information content (AvgIpc) is 2.64. The number of methoxy groups -OCH3 is 1. The topological polar surface area (TPSA) is 53.9 Å². The monoisotopic (exact) mass is 421 g/mol. The Morgan fingerprint density at radius 2 is 1.92 bits per heavy atom. The first-order valence-corrected chi connectivity index (χ1v) is 9.00. The molecule has 5 nitrogen and oxygen atoms in total. The van der Waals surface area contributed by atoms with Gasteiger partial charge in [0.15, 0.2) is 0 Å². The van der Waals surface area contributed by atoms with Gasteiger partial charge in [-0.15, -0.1) is 0 Å². The van der Waals surface area contributed by atoms with Crippen molar-refractivity contribution in [1.82, 2.24) is 5.43 Å². The van der Waals surface area contributed by atoms with Crippen molar-refractivity contribution in [1.29, 1.82) is 0 Å². The Balaban J connectivity index is 2.17. The molecule has 2 rings (SSSR count). The average molecular weight is 422 g/mol. The molecule has 138 valence electrons. The molecule has 0 aliphatic heterocycles. The smallest absolute Gasteiger partial charge is 0.271 e. The quantitative estimate of drug-likeness (QED) is 0.538. The number of nitrogens with zero attached hydrogens (tertiary/aromatic N) is 2. The Morgan fingerprint density at radius 1 is 1.27 bits per heavy atom. The summed E-state index contributed by atoms with van der Waals surface area (Å²) in [6.45, 7) is 5.92. The van der Waals surface area contributed by atoms with Gasteiger partial charge in [0.1, 0.15) is 11.6 Å². The second-order valence-electron chi connectivity index (χ2n) is 5.42. The van der Waals surface area contributed by atoms with Gasteiger partial charge >= 0.3 is 0 Å². The first-order valence-electron chi connectivity index (χ1n) is 8.21. The maximum atomic E-state index is 12.9. The molecule has 0 fully saturated rings. The number of hydrogen-bond donors (Lipinski definition) is 1. The summed E-state index contributed by atoms with van der Waals surface area (Å²) in [7, 11) is 1.59. The molecule has 0 atom stereocenters. The van der Waals surface area contributed by atoms with E-state index >= 15 is 0 Å². The number of halogens is 2. The molecule has 7 heteroatoms.